The highest BCUT2D eigenvalue weighted by Gasteiger charge is 2.15. The Balaban J connectivity index is 1.56. The summed E-state index contributed by atoms with van der Waals surface area (Å²) in [7, 11) is 0. The van der Waals surface area contributed by atoms with E-state index in [2.05, 4.69) is 10.6 Å². The van der Waals surface area contributed by atoms with E-state index in [4.69, 9.17) is 0 Å². The summed E-state index contributed by atoms with van der Waals surface area (Å²) in [6, 6.07) is 18.4. The van der Waals surface area contributed by atoms with Crippen molar-refractivity contribution in [2.24, 2.45) is 0 Å². The molecule has 0 aliphatic rings. The van der Waals surface area contributed by atoms with Gasteiger partial charge in [-0.05, 0) is 80.4 Å². The van der Waals surface area contributed by atoms with Crippen LogP contribution in [-0.2, 0) is 4.79 Å². The summed E-state index contributed by atoms with van der Waals surface area (Å²) in [5, 5.41) is 16.1. The third-order valence-electron chi connectivity index (χ3n) is 4.91. The molecule has 3 rings (SSSR count). The van der Waals surface area contributed by atoms with Gasteiger partial charge in [0.25, 0.3) is 11.6 Å². The Morgan fingerprint density at radius 2 is 1.50 bits per heavy atom. The van der Waals surface area contributed by atoms with Crippen LogP contribution >= 0.6 is 11.8 Å². The standard InChI is InChI=1S/C24H23N3O4S/c1-15-4-7-20(14-16(15)2)26-23(28)17(3)32-22-12-8-19(9-13-22)25-24(29)18-5-10-21(11-6-18)27(30)31/h4-14,17H,1-3H3,(H,25,29)(H,26,28). The van der Waals surface area contributed by atoms with Gasteiger partial charge in [-0.3, -0.25) is 19.7 Å². The highest BCUT2D eigenvalue weighted by molar-refractivity contribution is 8.00. The van der Waals surface area contributed by atoms with Crippen molar-refractivity contribution in [1.82, 2.24) is 0 Å². The zero-order chi connectivity index (χ0) is 23.3. The van der Waals surface area contributed by atoms with Gasteiger partial charge in [-0.1, -0.05) is 6.07 Å². The smallest absolute Gasteiger partial charge is 0.269 e. The third-order valence-corrected chi connectivity index (χ3v) is 6.02. The molecule has 0 saturated carbocycles. The maximum atomic E-state index is 12.5. The first kappa shape index (κ1) is 23.0. The molecule has 8 heteroatoms. The van der Waals surface area contributed by atoms with Crippen molar-refractivity contribution >= 4 is 40.6 Å². The molecule has 0 heterocycles. The van der Waals surface area contributed by atoms with Crippen molar-refractivity contribution in [3.05, 3.63) is 93.5 Å². The number of benzene rings is 3. The Morgan fingerprint density at radius 1 is 0.875 bits per heavy atom. The molecule has 3 aromatic rings. The molecule has 0 spiro atoms. The highest BCUT2D eigenvalue weighted by Crippen LogP contribution is 2.26. The van der Waals surface area contributed by atoms with Crippen LogP contribution in [0.25, 0.3) is 0 Å². The molecule has 0 bridgehead atoms. The first-order chi connectivity index (χ1) is 15.2. The summed E-state index contributed by atoms with van der Waals surface area (Å²) in [6.45, 7) is 5.87. The molecule has 2 amide bonds. The van der Waals surface area contributed by atoms with Gasteiger partial charge >= 0.3 is 0 Å². The lowest BCUT2D eigenvalue weighted by molar-refractivity contribution is -0.384. The van der Waals surface area contributed by atoms with E-state index in [0.717, 1.165) is 16.1 Å². The normalized spacial score (nSPS) is 11.5. The first-order valence-electron chi connectivity index (χ1n) is 9.93. The van der Waals surface area contributed by atoms with Crippen LogP contribution in [0.4, 0.5) is 17.1 Å². The van der Waals surface area contributed by atoms with Crippen molar-refractivity contribution in [3.8, 4) is 0 Å². The lowest BCUT2D eigenvalue weighted by Crippen LogP contribution is -2.22. The van der Waals surface area contributed by atoms with Crippen molar-refractivity contribution in [1.29, 1.82) is 0 Å². The van der Waals surface area contributed by atoms with Crippen LogP contribution in [0.3, 0.4) is 0 Å². The minimum absolute atomic E-state index is 0.0707. The monoisotopic (exact) mass is 449 g/mol. The molecule has 0 radical (unpaired) electrons. The summed E-state index contributed by atoms with van der Waals surface area (Å²) < 4.78 is 0. The molecule has 0 aromatic heterocycles. The highest BCUT2D eigenvalue weighted by atomic mass is 32.2. The van der Waals surface area contributed by atoms with Gasteiger partial charge in [-0.25, -0.2) is 0 Å². The molecule has 32 heavy (non-hydrogen) atoms. The van der Waals surface area contributed by atoms with E-state index < -0.39 is 4.92 Å². The van der Waals surface area contributed by atoms with E-state index >= 15 is 0 Å². The van der Waals surface area contributed by atoms with Gasteiger partial charge in [-0.2, -0.15) is 0 Å². The lowest BCUT2D eigenvalue weighted by atomic mass is 10.1. The number of nitro benzene ring substituents is 1. The molecule has 1 atom stereocenters. The van der Waals surface area contributed by atoms with Crippen molar-refractivity contribution in [2.75, 3.05) is 10.6 Å². The second kappa shape index (κ2) is 10.1. The average Bonchev–Trinajstić information content (AvgIpc) is 2.77. The largest absolute Gasteiger partial charge is 0.325 e. The topological polar surface area (TPSA) is 101 Å². The second-order valence-electron chi connectivity index (χ2n) is 7.33. The number of anilines is 2. The Kier molecular flexibility index (Phi) is 7.27. The number of non-ortho nitro benzene ring substituents is 1. The van der Waals surface area contributed by atoms with Crippen LogP contribution in [-0.4, -0.2) is 22.0 Å². The van der Waals surface area contributed by atoms with Crippen LogP contribution < -0.4 is 10.6 Å². The van der Waals surface area contributed by atoms with Gasteiger partial charge in [0.1, 0.15) is 0 Å². The van der Waals surface area contributed by atoms with E-state index in [0.29, 0.717) is 11.3 Å². The van der Waals surface area contributed by atoms with Gasteiger partial charge < -0.3 is 10.6 Å². The molecule has 0 aliphatic heterocycles. The van der Waals surface area contributed by atoms with Crippen LogP contribution in [0.2, 0.25) is 0 Å². The Morgan fingerprint density at radius 3 is 2.09 bits per heavy atom. The summed E-state index contributed by atoms with van der Waals surface area (Å²) in [6.07, 6.45) is 0. The zero-order valence-electron chi connectivity index (χ0n) is 17.9. The minimum atomic E-state index is -0.513. The van der Waals surface area contributed by atoms with Gasteiger partial charge in [-0.15, -0.1) is 11.8 Å². The predicted molar refractivity (Wildman–Crippen MR) is 127 cm³/mol. The van der Waals surface area contributed by atoms with Gasteiger partial charge in [0.05, 0.1) is 10.2 Å². The predicted octanol–water partition coefficient (Wildman–Crippen LogP) is 5.58. The Bertz CT molecular complexity index is 1140. The quantitative estimate of drug-likeness (QED) is 0.278. The lowest BCUT2D eigenvalue weighted by Gasteiger charge is -2.13. The molecule has 0 aliphatic carbocycles. The number of carbonyl (C=O) groups is 2. The van der Waals surface area contributed by atoms with Crippen molar-refractivity contribution in [3.63, 3.8) is 0 Å². The molecule has 7 nitrogen and oxygen atoms in total. The van der Waals surface area contributed by atoms with Crippen molar-refractivity contribution in [2.45, 2.75) is 30.9 Å². The zero-order valence-corrected chi connectivity index (χ0v) is 18.7. The van der Waals surface area contributed by atoms with Crippen LogP contribution in [0, 0.1) is 24.0 Å². The number of nitrogens with zero attached hydrogens (tertiary/aromatic N) is 1. The second-order valence-corrected chi connectivity index (χ2v) is 8.75. The number of carbonyl (C=O) groups excluding carboxylic acids is 2. The number of hydrogen-bond acceptors (Lipinski definition) is 5. The SMILES string of the molecule is Cc1ccc(NC(=O)C(C)Sc2ccc(NC(=O)c3ccc([N+](=O)[O-])cc3)cc2)cc1C. The maximum absolute atomic E-state index is 12.5. The molecular formula is C24H23N3O4S. The third kappa shape index (κ3) is 5.95. The Labute approximate surface area is 190 Å². The fourth-order valence-electron chi connectivity index (χ4n) is 2.88. The van der Waals surface area contributed by atoms with Crippen molar-refractivity contribution < 1.29 is 14.5 Å². The first-order valence-corrected chi connectivity index (χ1v) is 10.8. The number of thioether (sulfide) groups is 1. The summed E-state index contributed by atoms with van der Waals surface area (Å²) >= 11 is 1.42. The molecule has 1 unspecified atom stereocenters. The number of amides is 2. The van der Waals surface area contributed by atoms with E-state index in [1.165, 1.54) is 41.6 Å². The fraction of sp³-hybridized carbons (Fsp3) is 0.167. The minimum Gasteiger partial charge on any atom is -0.325 e. The number of hydrogen-bond donors (Lipinski definition) is 2. The number of nitrogens with one attached hydrogen (secondary N) is 2. The number of nitro groups is 1. The van der Waals surface area contributed by atoms with Gasteiger partial charge in [0.2, 0.25) is 5.91 Å². The molecule has 0 fully saturated rings. The van der Waals surface area contributed by atoms with Gasteiger partial charge in [0.15, 0.2) is 0 Å². The van der Waals surface area contributed by atoms with E-state index in [1.807, 2.05) is 51.1 Å². The number of aryl methyl sites for hydroxylation is 2. The Hall–Kier alpha value is -3.65. The molecule has 0 saturated heterocycles. The van der Waals surface area contributed by atoms with E-state index in [-0.39, 0.29) is 22.8 Å². The van der Waals surface area contributed by atoms with E-state index in [1.54, 1.807) is 12.1 Å². The van der Waals surface area contributed by atoms with E-state index in [9.17, 15) is 19.7 Å². The molecular weight excluding hydrogens is 426 g/mol. The molecule has 2 N–H and O–H groups in total. The molecule has 164 valence electrons. The fourth-order valence-corrected chi connectivity index (χ4v) is 3.74. The van der Waals surface area contributed by atoms with Crippen LogP contribution in [0.1, 0.15) is 28.4 Å². The van der Waals surface area contributed by atoms with Crippen LogP contribution in [0.5, 0.6) is 0 Å². The van der Waals surface area contributed by atoms with Gasteiger partial charge in [0, 0.05) is 34.0 Å². The average molecular weight is 450 g/mol. The van der Waals surface area contributed by atoms with Crippen LogP contribution in [0.15, 0.2) is 71.6 Å². The maximum Gasteiger partial charge on any atom is 0.269 e. The summed E-state index contributed by atoms with van der Waals surface area (Å²) in [4.78, 5) is 35.9. The summed E-state index contributed by atoms with van der Waals surface area (Å²) in [5.74, 6) is -0.449. The number of rotatable bonds is 7. The summed E-state index contributed by atoms with van der Waals surface area (Å²) in [5.41, 5.74) is 3.91. The molecule has 3 aromatic carbocycles.